The zero-order valence-electron chi connectivity index (χ0n) is 10.7. The maximum absolute atomic E-state index is 11.9. The first-order valence-electron chi connectivity index (χ1n) is 6.85. The zero-order valence-corrected chi connectivity index (χ0v) is 12.3. The molecule has 5 heteroatoms. The monoisotopic (exact) mass is 323 g/mol. The van der Waals surface area contributed by atoms with Crippen molar-refractivity contribution in [3.63, 3.8) is 0 Å². The van der Waals surface area contributed by atoms with Crippen LogP contribution in [0.15, 0.2) is 22.9 Å². The van der Waals surface area contributed by atoms with Crippen molar-refractivity contribution in [2.24, 2.45) is 11.8 Å². The van der Waals surface area contributed by atoms with E-state index in [0.717, 1.165) is 16.1 Å². The summed E-state index contributed by atoms with van der Waals surface area (Å²) in [5.74, 6) is 1.57. The predicted molar refractivity (Wildman–Crippen MR) is 76.5 cm³/mol. The van der Waals surface area contributed by atoms with Crippen molar-refractivity contribution >= 4 is 22.0 Å². The van der Waals surface area contributed by atoms with Crippen molar-refractivity contribution in [1.29, 1.82) is 0 Å². The van der Waals surface area contributed by atoms with Gasteiger partial charge in [-0.1, -0.05) is 6.42 Å². The number of aromatic nitrogens is 1. The number of hydrogen-bond donors (Lipinski definition) is 2. The fraction of sp³-hybridized carbons (Fsp3) is 0.571. The molecule has 4 nitrogen and oxygen atoms in total. The number of carbonyl (C=O) groups excluding carboxylic acids is 1. The van der Waals surface area contributed by atoms with Gasteiger partial charge < -0.3 is 10.6 Å². The molecule has 0 radical (unpaired) electrons. The number of nitrogens with one attached hydrogen (secondary N) is 2. The van der Waals surface area contributed by atoms with E-state index < -0.39 is 0 Å². The van der Waals surface area contributed by atoms with Crippen molar-refractivity contribution in [3.05, 3.63) is 28.5 Å². The Hall–Kier alpha value is -1.10. The van der Waals surface area contributed by atoms with Gasteiger partial charge in [-0.05, 0) is 64.7 Å². The van der Waals surface area contributed by atoms with E-state index in [1.54, 1.807) is 6.20 Å². The van der Waals surface area contributed by atoms with Crippen molar-refractivity contribution in [2.45, 2.75) is 38.3 Å². The van der Waals surface area contributed by atoms with Gasteiger partial charge in [0.15, 0.2) is 0 Å². The Morgan fingerprint density at radius 1 is 1.42 bits per heavy atom. The molecular formula is C14H18BrN3O. The lowest BCUT2D eigenvalue weighted by Crippen LogP contribution is -2.44. The molecule has 2 fully saturated rings. The van der Waals surface area contributed by atoms with E-state index in [1.807, 2.05) is 12.1 Å². The second kappa shape index (κ2) is 5.49. The fourth-order valence-electron chi connectivity index (χ4n) is 3.38. The van der Waals surface area contributed by atoms with E-state index in [1.165, 1.54) is 25.7 Å². The smallest absolute Gasteiger partial charge is 0.315 e. The standard InChI is InChI=1S/C14H18BrN3O/c15-13-7-10(3-4-16-13)8-17-14(19)18-12-6-9-1-2-11(12)5-9/h3-4,7,9,11-12H,1-2,5-6,8H2,(H2,17,18,19)/t9-,11+,12?/m1/s1. The van der Waals surface area contributed by atoms with Gasteiger partial charge in [0, 0.05) is 18.8 Å². The molecule has 0 spiro atoms. The maximum atomic E-state index is 11.9. The number of urea groups is 1. The molecule has 19 heavy (non-hydrogen) atoms. The maximum Gasteiger partial charge on any atom is 0.315 e. The Morgan fingerprint density at radius 3 is 3.00 bits per heavy atom. The van der Waals surface area contributed by atoms with Crippen LogP contribution >= 0.6 is 15.9 Å². The van der Waals surface area contributed by atoms with Gasteiger partial charge in [-0.3, -0.25) is 0 Å². The van der Waals surface area contributed by atoms with E-state index in [0.29, 0.717) is 18.5 Å². The number of hydrogen-bond acceptors (Lipinski definition) is 2. The molecule has 3 rings (SSSR count). The van der Waals surface area contributed by atoms with E-state index in [-0.39, 0.29) is 6.03 Å². The van der Waals surface area contributed by atoms with Crippen LogP contribution in [0.1, 0.15) is 31.2 Å². The number of rotatable bonds is 3. The van der Waals surface area contributed by atoms with Crippen LogP contribution in [0.2, 0.25) is 0 Å². The van der Waals surface area contributed by atoms with Crippen LogP contribution in [0.5, 0.6) is 0 Å². The van der Waals surface area contributed by atoms with Crippen LogP contribution in [0.25, 0.3) is 0 Å². The molecule has 1 aromatic heterocycles. The molecule has 102 valence electrons. The van der Waals surface area contributed by atoms with Crippen LogP contribution in [-0.2, 0) is 6.54 Å². The summed E-state index contributed by atoms with van der Waals surface area (Å²) in [5, 5.41) is 6.03. The van der Waals surface area contributed by atoms with E-state index in [2.05, 4.69) is 31.5 Å². The van der Waals surface area contributed by atoms with E-state index in [9.17, 15) is 4.79 Å². The third-order valence-electron chi connectivity index (χ3n) is 4.30. The first-order chi connectivity index (χ1) is 9.20. The average molecular weight is 324 g/mol. The van der Waals surface area contributed by atoms with Gasteiger partial charge in [0.1, 0.15) is 4.60 Å². The molecule has 1 aromatic rings. The highest BCUT2D eigenvalue weighted by Gasteiger charge is 2.39. The van der Waals surface area contributed by atoms with Gasteiger partial charge in [-0.25, -0.2) is 9.78 Å². The molecule has 0 saturated heterocycles. The Morgan fingerprint density at radius 2 is 2.32 bits per heavy atom. The SMILES string of the molecule is O=C(NCc1ccnc(Br)c1)NC1C[C@@H]2CC[C@H]1C2. The van der Waals surface area contributed by atoms with Crippen LogP contribution in [-0.4, -0.2) is 17.1 Å². The van der Waals surface area contributed by atoms with E-state index in [4.69, 9.17) is 0 Å². The Bertz CT molecular complexity index is 480. The minimum atomic E-state index is -0.0505. The van der Waals surface area contributed by atoms with Gasteiger partial charge in [-0.15, -0.1) is 0 Å². The molecule has 2 N–H and O–H groups in total. The molecule has 1 unspecified atom stereocenters. The number of halogens is 1. The summed E-state index contributed by atoms with van der Waals surface area (Å²) in [6, 6.07) is 4.16. The highest BCUT2D eigenvalue weighted by Crippen LogP contribution is 2.44. The topological polar surface area (TPSA) is 54.0 Å². The normalized spacial score (nSPS) is 28.4. The summed E-state index contributed by atoms with van der Waals surface area (Å²) in [6.07, 6.45) is 6.85. The second-order valence-electron chi connectivity index (χ2n) is 5.60. The van der Waals surface area contributed by atoms with Crippen LogP contribution in [0, 0.1) is 11.8 Å². The van der Waals surface area contributed by atoms with Crippen molar-refractivity contribution in [2.75, 3.05) is 0 Å². The first kappa shape index (κ1) is 12.9. The Balaban J connectivity index is 1.47. The Kier molecular flexibility index (Phi) is 3.73. The number of fused-ring (bicyclic) bond motifs is 2. The van der Waals surface area contributed by atoms with E-state index >= 15 is 0 Å². The molecule has 2 aliphatic carbocycles. The average Bonchev–Trinajstić information content (AvgIpc) is 2.99. The fourth-order valence-corrected chi connectivity index (χ4v) is 3.79. The number of pyridine rings is 1. The summed E-state index contributed by atoms with van der Waals surface area (Å²) in [6.45, 7) is 0.535. The molecule has 0 aliphatic heterocycles. The summed E-state index contributed by atoms with van der Waals surface area (Å²) >= 11 is 3.32. The first-order valence-corrected chi connectivity index (χ1v) is 7.65. The summed E-state index contributed by atoms with van der Waals surface area (Å²) < 4.78 is 0.792. The van der Waals surface area contributed by atoms with Crippen molar-refractivity contribution in [1.82, 2.24) is 15.6 Å². The van der Waals surface area contributed by atoms with Gasteiger partial charge in [0.05, 0.1) is 0 Å². The molecular weight excluding hydrogens is 306 g/mol. The van der Waals surface area contributed by atoms with Gasteiger partial charge in [0.25, 0.3) is 0 Å². The zero-order chi connectivity index (χ0) is 13.2. The second-order valence-corrected chi connectivity index (χ2v) is 6.41. The van der Waals surface area contributed by atoms with Crippen molar-refractivity contribution in [3.8, 4) is 0 Å². The van der Waals surface area contributed by atoms with Crippen LogP contribution in [0.3, 0.4) is 0 Å². The minimum Gasteiger partial charge on any atom is -0.335 e. The molecule has 2 amide bonds. The molecule has 3 atom stereocenters. The highest BCUT2D eigenvalue weighted by molar-refractivity contribution is 9.10. The lowest BCUT2D eigenvalue weighted by Gasteiger charge is -2.23. The lowest BCUT2D eigenvalue weighted by molar-refractivity contribution is 0.230. The third-order valence-corrected chi connectivity index (χ3v) is 4.73. The number of carbonyl (C=O) groups is 1. The molecule has 2 saturated carbocycles. The lowest BCUT2D eigenvalue weighted by atomic mass is 9.95. The van der Waals surface area contributed by atoms with Crippen molar-refractivity contribution < 1.29 is 4.79 Å². The van der Waals surface area contributed by atoms with Gasteiger partial charge in [0.2, 0.25) is 0 Å². The molecule has 2 aliphatic rings. The summed E-state index contributed by atoms with van der Waals surface area (Å²) in [4.78, 5) is 15.9. The quantitative estimate of drug-likeness (QED) is 0.840. The largest absolute Gasteiger partial charge is 0.335 e. The number of amides is 2. The van der Waals surface area contributed by atoms with Gasteiger partial charge >= 0.3 is 6.03 Å². The third kappa shape index (κ3) is 3.08. The predicted octanol–water partition coefficient (Wildman–Crippen LogP) is 2.83. The molecule has 2 bridgehead atoms. The minimum absolute atomic E-state index is 0.0505. The van der Waals surface area contributed by atoms with Crippen LogP contribution in [0.4, 0.5) is 4.79 Å². The van der Waals surface area contributed by atoms with Crippen LogP contribution < -0.4 is 10.6 Å². The van der Waals surface area contributed by atoms with Gasteiger partial charge in [-0.2, -0.15) is 0 Å². The molecule has 1 heterocycles. The Labute approximate surface area is 121 Å². The molecule has 0 aromatic carbocycles. The number of nitrogens with zero attached hydrogens (tertiary/aromatic N) is 1. The summed E-state index contributed by atoms with van der Waals surface area (Å²) in [7, 11) is 0. The summed E-state index contributed by atoms with van der Waals surface area (Å²) in [5.41, 5.74) is 1.05. The highest BCUT2D eigenvalue weighted by atomic mass is 79.9.